The van der Waals surface area contributed by atoms with Gasteiger partial charge in [-0.15, -0.1) is 0 Å². The molecule has 2 N–H and O–H groups in total. The Morgan fingerprint density at radius 1 is 1.33 bits per heavy atom. The summed E-state index contributed by atoms with van der Waals surface area (Å²) < 4.78 is 18.6. The van der Waals surface area contributed by atoms with Gasteiger partial charge in [0.05, 0.1) is 6.61 Å². The Labute approximate surface area is 132 Å². The second kappa shape index (κ2) is 10.5. The van der Waals surface area contributed by atoms with E-state index in [0.717, 1.165) is 0 Å². The van der Waals surface area contributed by atoms with Crippen LogP contribution in [-0.4, -0.2) is 88.1 Å². The van der Waals surface area contributed by atoms with Crippen molar-refractivity contribution in [1.82, 2.24) is 0 Å². The van der Waals surface area contributed by atoms with Crippen molar-refractivity contribution < 1.29 is 28.4 Å². The quantitative estimate of drug-likeness (QED) is 0.214. The molecule has 0 aromatic heterocycles. The molecule has 0 heterocycles. The Kier molecular flexibility index (Phi) is 15.1. The first-order valence-electron chi connectivity index (χ1n) is 3.35. The Bertz CT molecular complexity index is 250. The first-order chi connectivity index (χ1) is 5.83. The van der Waals surface area contributed by atoms with Gasteiger partial charge in [-0.3, -0.25) is 4.52 Å². The summed E-state index contributed by atoms with van der Waals surface area (Å²) in [5.74, 6) is -0.616. The van der Waals surface area contributed by atoms with Crippen molar-refractivity contribution in [2.75, 3.05) is 13.2 Å². The number of esters is 1. The van der Waals surface area contributed by atoms with E-state index in [1.807, 2.05) is 0 Å². The predicted octanol–water partition coefficient (Wildman–Crippen LogP) is -1.08. The molecule has 0 aromatic carbocycles. The molecule has 0 fully saturated rings. The first kappa shape index (κ1) is 21.6. The summed E-state index contributed by atoms with van der Waals surface area (Å²) in [5.41, 5.74) is 0.219. The van der Waals surface area contributed by atoms with Gasteiger partial charge in [-0.25, -0.2) is 9.36 Å². The van der Waals surface area contributed by atoms with Crippen molar-refractivity contribution in [3.05, 3.63) is 12.2 Å². The van der Waals surface area contributed by atoms with E-state index >= 15 is 0 Å². The van der Waals surface area contributed by atoms with Crippen molar-refractivity contribution >= 4 is 72.9 Å². The van der Waals surface area contributed by atoms with Gasteiger partial charge in [0.25, 0.3) is 0 Å². The van der Waals surface area contributed by atoms with Gasteiger partial charge >= 0.3 is 72.9 Å². The number of phosphoric ester groups is 1. The minimum atomic E-state index is -4.46. The molecule has 0 saturated heterocycles. The maximum atomic E-state index is 10.7. The van der Waals surface area contributed by atoms with Crippen LogP contribution in [-0.2, 0) is 18.6 Å². The Morgan fingerprint density at radius 2 is 1.80 bits per heavy atom. The minimum absolute atomic E-state index is 0. The summed E-state index contributed by atoms with van der Waals surface area (Å²) in [7, 11) is -4.46. The molecular formula is C6H13Na2O6P. The predicted molar refractivity (Wildman–Crippen MR) is 58.1 cm³/mol. The molecule has 15 heavy (non-hydrogen) atoms. The molecular weight excluding hydrogens is 245 g/mol. The van der Waals surface area contributed by atoms with Crippen LogP contribution in [0, 0.1) is 0 Å². The monoisotopic (exact) mass is 258 g/mol. The molecule has 0 rings (SSSR count). The van der Waals surface area contributed by atoms with Crippen LogP contribution in [0.25, 0.3) is 0 Å². The zero-order valence-corrected chi connectivity index (χ0v) is 7.99. The van der Waals surface area contributed by atoms with E-state index in [1.54, 1.807) is 0 Å². The zero-order chi connectivity index (χ0) is 10.5. The van der Waals surface area contributed by atoms with E-state index in [0.29, 0.717) is 0 Å². The van der Waals surface area contributed by atoms with Crippen molar-refractivity contribution in [1.29, 1.82) is 0 Å². The summed E-state index contributed by atoms with van der Waals surface area (Å²) >= 11 is 0. The number of hydrogen-bond acceptors (Lipinski definition) is 4. The first-order valence-corrected chi connectivity index (χ1v) is 4.88. The molecule has 9 heteroatoms. The van der Waals surface area contributed by atoms with Crippen molar-refractivity contribution in [2.24, 2.45) is 0 Å². The van der Waals surface area contributed by atoms with Gasteiger partial charge in [0.2, 0.25) is 0 Å². The molecule has 0 unspecified atom stereocenters. The Balaban J connectivity index is -0.000000720. The third-order valence-corrected chi connectivity index (χ3v) is 1.44. The summed E-state index contributed by atoms with van der Waals surface area (Å²) in [5, 5.41) is 0. The van der Waals surface area contributed by atoms with Crippen LogP contribution >= 0.6 is 7.82 Å². The fourth-order valence-corrected chi connectivity index (χ4v) is 0.726. The molecule has 80 valence electrons. The van der Waals surface area contributed by atoms with Crippen LogP contribution < -0.4 is 0 Å². The second-order valence-corrected chi connectivity index (χ2v) is 3.48. The summed E-state index contributed by atoms with van der Waals surface area (Å²) in [6.07, 6.45) is 0. The van der Waals surface area contributed by atoms with Gasteiger partial charge < -0.3 is 14.5 Å². The molecule has 0 atom stereocenters. The van der Waals surface area contributed by atoms with E-state index in [2.05, 4.69) is 15.8 Å². The topological polar surface area (TPSA) is 93.1 Å². The molecule has 0 saturated carbocycles. The van der Waals surface area contributed by atoms with Gasteiger partial charge in [-0.2, -0.15) is 0 Å². The van der Waals surface area contributed by atoms with Crippen LogP contribution in [0.15, 0.2) is 12.2 Å². The van der Waals surface area contributed by atoms with Crippen molar-refractivity contribution in [3.8, 4) is 0 Å². The molecule has 0 radical (unpaired) electrons. The van der Waals surface area contributed by atoms with Gasteiger partial charge in [0.15, 0.2) is 0 Å². The summed E-state index contributed by atoms with van der Waals surface area (Å²) in [6.45, 7) is 4.22. The average molecular weight is 258 g/mol. The van der Waals surface area contributed by atoms with Gasteiger partial charge in [0.1, 0.15) is 6.61 Å². The molecule has 0 spiro atoms. The number of phosphoric acid groups is 1. The zero-order valence-electron chi connectivity index (χ0n) is 7.10. The number of ether oxygens (including phenoxy) is 1. The molecule has 0 bridgehead atoms. The number of hydrogen-bond donors (Lipinski definition) is 2. The van der Waals surface area contributed by atoms with Gasteiger partial charge in [-0.1, -0.05) is 6.58 Å². The van der Waals surface area contributed by atoms with E-state index in [9.17, 15) is 9.36 Å². The normalized spacial score (nSPS) is 9.53. The molecule has 0 aliphatic carbocycles. The maximum absolute atomic E-state index is 10.7. The van der Waals surface area contributed by atoms with E-state index in [4.69, 9.17) is 9.79 Å². The fourth-order valence-electron chi connectivity index (χ4n) is 0.414. The van der Waals surface area contributed by atoms with Crippen LogP contribution in [0.1, 0.15) is 6.92 Å². The third-order valence-electron chi connectivity index (χ3n) is 0.924. The molecule has 0 amide bonds. The standard InChI is InChI=1S/C6H11O6P.2Na.2H/c1-5(2)6(7)11-3-4-12-13(8,9)10;;;;/h1,3-4H2,2H3,(H2,8,9,10);;;;. The number of carbonyl (C=O) groups excluding carboxylic acids is 1. The van der Waals surface area contributed by atoms with Crippen LogP contribution in [0.3, 0.4) is 0 Å². The van der Waals surface area contributed by atoms with Gasteiger partial charge in [-0.05, 0) is 6.92 Å². The van der Waals surface area contributed by atoms with E-state index in [-0.39, 0.29) is 77.9 Å². The van der Waals surface area contributed by atoms with Gasteiger partial charge in [0, 0.05) is 5.57 Å². The number of rotatable bonds is 5. The molecule has 0 aliphatic rings. The molecule has 0 aliphatic heterocycles. The molecule has 6 nitrogen and oxygen atoms in total. The third kappa shape index (κ3) is 15.3. The van der Waals surface area contributed by atoms with Crippen molar-refractivity contribution in [3.63, 3.8) is 0 Å². The van der Waals surface area contributed by atoms with Crippen LogP contribution in [0.4, 0.5) is 0 Å². The number of carbonyl (C=O) groups is 1. The van der Waals surface area contributed by atoms with Crippen molar-refractivity contribution in [2.45, 2.75) is 6.92 Å². The SMILES string of the molecule is C=C(C)C(=O)OCCOP(=O)(O)O.[NaH].[NaH]. The van der Waals surface area contributed by atoms with Crippen LogP contribution in [0.5, 0.6) is 0 Å². The molecule has 0 aromatic rings. The van der Waals surface area contributed by atoms with E-state index in [1.165, 1.54) is 6.92 Å². The average Bonchev–Trinajstić information content (AvgIpc) is 1.95. The summed E-state index contributed by atoms with van der Waals surface area (Å²) in [6, 6.07) is 0. The second-order valence-electron chi connectivity index (χ2n) is 2.24. The Morgan fingerprint density at radius 3 is 2.13 bits per heavy atom. The Hall–Kier alpha value is 1.32. The van der Waals surface area contributed by atoms with Crippen LogP contribution in [0.2, 0.25) is 0 Å². The summed E-state index contributed by atoms with van der Waals surface area (Å²) in [4.78, 5) is 27.1. The fraction of sp³-hybridized carbons (Fsp3) is 0.500. The van der Waals surface area contributed by atoms with E-state index < -0.39 is 13.8 Å².